The van der Waals surface area contributed by atoms with Crippen LogP contribution in [0.25, 0.3) is 6.08 Å². The molecule has 5 nitrogen and oxygen atoms in total. The smallest absolute Gasteiger partial charge is 0.224 e. The third-order valence-electron chi connectivity index (χ3n) is 2.44. The summed E-state index contributed by atoms with van der Waals surface area (Å²) in [6, 6.07) is 9.39. The lowest BCUT2D eigenvalue weighted by Crippen LogP contribution is -2.09. The fourth-order valence-electron chi connectivity index (χ4n) is 1.67. The lowest BCUT2D eigenvalue weighted by atomic mass is 10.2. The molecule has 5 heteroatoms. The maximum absolute atomic E-state index is 5.79. The van der Waals surface area contributed by atoms with E-state index in [9.17, 15) is 0 Å². The summed E-state index contributed by atoms with van der Waals surface area (Å²) in [6.45, 7) is 3.74. The first-order valence-corrected chi connectivity index (χ1v) is 5.95. The first-order chi connectivity index (χ1) is 9.22. The van der Waals surface area contributed by atoms with Gasteiger partial charge in [-0.2, -0.15) is 4.98 Å². The highest BCUT2D eigenvalue weighted by atomic mass is 16.5. The predicted molar refractivity (Wildman–Crippen MR) is 75.8 cm³/mol. The number of benzene rings is 1. The molecule has 0 aliphatic heterocycles. The van der Waals surface area contributed by atoms with Crippen LogP contribution in [0, 0.1) is 6.92 Å². The fraction of sp³-hybridized carbons (Fsp3) is 0.143. The summed E-state index contributed by atoms with van der Waals surface area (Å²) in [4.78, 5) is 8.34. The molecule has 2 rings (SSSR count). The quantitative estimate of drug-likeness (QED) is 0.650. The number of aryl methyl sites for hydroxylation is 1. The lowest BCUT2D eigenvalue weighted by molar-refractivity contribution is 0.459. The van der Waals surface area contributed by atoms with Gasteiger partial charge in [0.05, 0.1) is 0 Å². The molecule has 0 unspecified atom stereocenters. The third-order valence-corrected chi connectivity index (χ3v) is 2.44. The van der Waals surface area contributed by atoms with Gasteiger partial charge >= 0.3 is 0 Å². The number of nitrogens with zero attached hydrogens (tertiary/aromatic N) is 2. The monoisotopic (exact) mass is 256 g/mol. The van der Waals surface area contributed by atoms with Crippen molar-refractivity contribution in [3.63, 3.8) is 0 Å². The zero-order valence-corrected chi connectivity index (χ0v) is 10.9. The molecule has 2 aromatic rings. The van der Waals surface area contributed by atoms with Crippen molar-refractivity contribution in [2.75, 3.05) is 5.43 Å². The second-order valence-electron chi connectivity index (χ2n) is 3.92. The number of nitrogens with one attached hydrogen (secondary N) is 1. The molecular weight excluding hydrogens is 240 g/mol. The van der Waals surface area contributed by atoms with Gasteiger partial charge in [-0.05, 0) is 19.9 Å². The number of ether oxygens (including phenoxy) is 1. The average Bonchev–Trinajstić information content (AvgIpc) is 2.40. The second-order valence-corrected chi connectivity index (χ2v) is 3.92. The molecule has 19 heavy (non-hydrogen) atoms. The molecule has 1 aromatic heterocycles. The Labute approximate surface area is 112 Å². The molecule has 0 aliphatic rings. The molecule has 1 aromatic carbocycles. The van der Waals surface area contributed by atoms with Crippen LogP contribution >= 0.6 is 0 Å². The van der Waals surface area contributed by atoms with E-state index < -0.39 is 0 Å². The highest BCUT2D eigenvalue weighted by Gasteiger charge is 2.05. The van der Waals surface area contributed by atoms with Crippen molar-refractivity contribution in [3.05, 3.63) is 47.8 Å². The molecule has 0 bridgehead atoms. The van der Waals surface area contributed by atoms with E-state index in [4.69, 9.17) is 10.6 Å². The minimum Gasteiger partial charge on any atom is -0.438 e. The Kier molecular flexibility index (Phi) is 4.10. The Hall–Kier alpha value is -2.40. The molecule has 3 N–H and O–H groups in total. The summed E-state index contributed by atoms with van der Waals surface area (Å²) in [5, 5.41) is 0. The van der Waals surface area contributed by atoms with E-state index in [1.54, 1.807) is 13.0 Å². The number of aromatic nitrogens is 2. The largest absolute Gasteiger partial charge is 0.438 e. The first-order valence-electron chi connectivity index (χ1n) is 5.95. The van der Waals surface area contributed by atoms with Crippen LogP contribution in [0.1, 0.15) is 18.3 Å². The Morgan fingerprint density at radius 3 is 2.79 bits per heavy atom. The second kappa shape index (κ2) is 5.97. The number of anilines is 1. The van der Waals surface area contributed by atoms with Crippen LogP contribution in [0.2, 0.25) is 0 Å². The summed E-state index contributed by atoms with van der Waals surface area (Å²) in [6.07, 6.45) is 3.94. The van der Waals surface area contributed by atoms with Crippen molar-refractivity contribution in [2.45, 2.75) is 13.8 Å². The van der Waals surface area contributed by atoms with Gasteiger partial charge in [0, 0.05) is 11.6 Å². The predicted octanol–water partition coefficient (Wildman–Crippen LogP) is 2.90. The molecule has 0 fully saturated rings. The minimum atomic E-state index is 0.456. The van der Waals surface area contributed by atoms with Gasteiger partial charge in [-0.3, -0.25) is 0 Å². The molecule has 1 heterocycles. The van der Waals surface area contributed by atoms with Crippen molar-refractivity contribution < 1.29 is 4.74 Å². The van der Waals surface area contributed by atoms with E-state index in [0.717, 1.165) is 11.3 Å². The van der Waals surface area contributed by atoms with Gasteiger partial charge in [0.1, 0.15) is 17.4 Å². The zero-order chi connectivity index (χ0) is 13.7. The van der Waals surface area contributed by atoms with Crippen molar-refractivity contribution in [1.29, 1.82) is 0 Å². The summed E-state index contributed by atoms with van der Waals surface area (Å²) < 4.78 is 5.79. The Bertz CT molecular complexity index is 596. The lowest BCUT2D eigenvalue weighted by Gasteiger charge is -2.09. The van der Waals surface area contributed by atoms with E-state index in [2.05, 4.69) is 15.4 Å². The van der Waals surface area contributed by atoms with Crippen LogP contribution in [0.15, 0.2) is 36.4 Å². The summed E-state index contributed by atoms with van der Waals surface area (Å²) in [5.41, 5.74) is 3.48. The van der Waals surface area contributed by atoms with Crippen LogP contribution in [0.4, 0.5) is 5.82 Å². The molecule has 0 spiro atoms. The van der Waals surface area contributed by atoms with Crippen molar-refractivity contribution in [3.8, 4) is 11.6 Å². The highest BCUT2D eigenvalue weighted by Crippen LogP contribution is 2.26. The number of para-hydroxylation sites is 1. The van der Waals surface area contributed by atoms with E-state index in [1.807, 2.05) is 43.3 Å². The molecule has 0 radical (unpaired) electrons. The maximum Gasteiger partial charge on any atom is 0.224 e. The number of hydrogen-bond donors (Lipinski definition) is 2. The number of hydrogen-bond acceptors (Lipinski definition) is 5. The Balaban J connectivity index is 2.33. The summed E-state index contributed by atoms with van der Waals surface area (Å²) >= 11 is 0. The van der Waals surface area contributed by atoms with Gasteiger partial charge < -0.3 is 10.2 Å². The number of rotatable bonds is 4. The molecule has 98 valence electrons. The van der Waals surface area contributed by atoms with Gasteiger partial charge in [-0.1, -0.05) is 30.4 Å². The van der Waals surface area contributed by atoms with E-state index in [1.165, 1.54) is 0 Å². The zero-order valence-electron chi connectivity index (χ0n) is 10.9. The summed E-state index contributed by atoms with van der Waals surface area (Å²) in [7, 11) is 0. The molecule has 0 atom stereocenters. The molecule has 0 saturated carbocycles. The van der Waals surface area contributed by atoms with Gasteiger partial charge in [0.2, 0.25) is 5.88 Å². The van der Waals surface area contributed by atoms with E-state index >= 15 is 0 Å². The fourth-order valence-corrected chi connectivity index (χ4v) is 1.67. The van der Waals surface area contributed by atoms with Gasteiger partial charge in [-0.25, -0.2) is 10.8 Å². The molecule has 0 aliphatic carbocycles. The van der Waals surface area contributed by atoms with Crippen LogP contribution in [0.5, 0.6) is 11.6 Å². The molecule has 0 amide bonds. The van der Waals surface area contributed by atoms with Gasteiger partial charge in [-0.15, -0.1) is 0 Å². The summed E-state index contributed by atoms with van der Waals surface area (Å²) in [5.74, 6) is 7.66. The first kappa shape index (κ1) is 13.0. The molecular formula is C14H16N4O. The van der Waals surface area contributed by atoms with Crippen LogP contribution in [-0.2, 0) is 0 Å². The number of hydrazine groups is 1. The van der Waals surface area contributed by atoms with Crippen LogP contribution in [0.3, 0.4) is 0 Å². The Morgan fingerprint density at radius 2 is 2.05 bits per heavy atom. The van der Waals surface area contributed by atoms with Crippen molar-refractivity contribution in [1.82, 2.24) is 9.97 Å². The number of nitrogen functional groups attached to an aromatic ring is 1. The maximum atomic E-state index is 5.79. The van der Waals surface area contributed by atoms with Crippen molar-refractivity contribution in [2.24, 2.45) is 5.84 Å². The van der Waals surface area contributed by atoms with E-state index in [0.29, 0.717) is 17.5 Å². The van der Waals surface area contributed by atoms with Crippen LogP contribution < -0.4 is 16.0 Å². The minimum absolute atomic E-state index is 0.456. The van der Waals surface area contributed by atoms with Gasteiger partial charge in [0.15, 0.2) is 0 Å². The van der Waals surface area contributed by atoms with Crippen LogP contribution in [-0.4, -0.2) is 9.97 Å². The normalized spacial score (nSPS) is 10.7. The van der Waals surface area contributed by atoms with E-state index in [-0.39, 0.29) is 0 Å². The number of allylic oxidation sites excluding steroid dienone is 1. The SMILES string of the molecule is C/C=C/c1ccccc1Oc1cc(NN)nc(C)n1. The highest BCUT2D eigenvalue weighted by molar-refractivity contribution is 5.57. The van der Waals surface area contributed by atoms with Gasteiger partial charge in [0.25, 0.3) is 0 Å². The third kappa shape index (κ3) is 3.29. The Morgan fingerprint density at radius 1 is 1.26 bits per heavy atom. The standard InChI is InChI=1S/C14H16N4O/c1-3-6-11-7-4-5-8-12(11)19-14-9-13(18-15)16-10(2)17-14/h3-9H,15H2,1-2H3,(H,16,17,18)/b6-3+. The average molecular weight is 256 g/mol. The molecule has 0 saturated heterocycles. The number of nitrogens with two attached hydrogens (primary N) is 1. The van der Waals surface area contributed by atoms with Crippen molar-refractivity contribution >= 4 is 11.9 Å². The topological polar surface area (TPSA) is 73.1 Å².